The predicted molar refractivity (Wildman–Crippen MR) is 96.8 cm³/mol. The minimum atomic E-state index is 1.22. The lowest BCUT2D eigenvalue weighted by molar-refractivity contribution is 0.553. The zero-order chi connectivity index (χ0) is 15.6. The van der Waals surface area contributed by atoms with Gasteiger partial charge in [0.05, 0.1) is 0 Å². The van der Waals surface area contributed by atoms with Crippen LogP contribution in [0.5, 0.6) is 0 Å². The van der Waals surface area contributed by atoms with Crippen molar-refractivity contribution in [2.75, 3.05) is 0 Å². The van der Waals surface area contributed by atoms with Gasteiger partial charge >= 0.3 is 0 Å². The minimum Gasteiger partial charge on any atom is -0.257 e. The highest BCUT2D eigenvalue weighted by Gasteiger charge is 2.24. The fourth-order valence-corrected chi connectivity index (χ4v) is 3.86. The molecule has 1 nitrogen and oxygen atoms in total. The second-order valence-electron chi connectivity index (χ2n) is 7.25. The van der Waals surface area contributed by atoms with E-state index in [0.29, 0.717) is 0 Å². The molecule has 1 aliphatic carbocycles. The summed E-state index contributed by atoms with van der Waals surface area (Å²) >= 11 is 0. The Kier molecular flexibility index (Phi) is 8.12. The van der Waals surface area contributed by atoms with Crippen LogP contribution >= 0.6 is 0 Å². The highest BCUT2D eigenvalue weighted by molar-refractivity contribution is 5.44. The number of allylic oxidation sites excluding steroid dienone is 4. The SMILES string of the molecule is CCCCCCCCCCCCC1=C(C)C2=C(CCCC2)[N]1. The zero-order valence-corrected chi connectivity index (χ0v) is 15.1. The van der Waals surface area contributed by atoms with Crippen LogP contribution in [0.4, 0.5) is 0 Å². The van der Waals surface area contributed by atoms with Crippen LogP contribution in [0.25, 0.3) is 0 Å². The lowest BCUT2D eigenvalue weighted by Crippen LogP contribution is -2.03. The van der Waals surface area contributed by atoms with Gasteiger partial charge in [-0.05, 0) is 56.6 Å². The first-order chi connectivity index (χ1) is 10.8. The molecule has 2 rings (SSSR count). The third-order valence-corrected chi connectivity index (χ3v) is 5.36. The Bertz CT molecular complexity index is 389. The van der Waals surface area contributed by atoms with Gasteiger partial charge in [0.25, 0.3) is 0 Å². The van der Waals surface area contributed by atoms with Gasteiger partial charge in [-0.1, -0.05) is 64.7 Å². The number of hydrogen-bond donors (Lipinski definition) is 0. The number of nitrogens with zero attached hydrogens (tertiary/aromatic N) is 1. The molecule has 0 fully saturated rings. The van der Waals surface area contributed by atoms with E-state index >= 15 is 0 Å². The van der Waals surface area contributed by atoms with Crippen LogP contribution in [0.2, 0.25) is 0 Å². The summed E-state index contributed by atoms with van der Waals surface area (Å²) in [6, 6.07) is 0. The minimum absolute atomic E-state index is 1.22. The molecule has 0 atom stereocenters. The Morgan fingerprint density at radius 1 is 0.773 bits per heavy atom. The summed E-state index contributed by atoms with van der Waals surface area (Å²) in [5, 5.41) is 4.93. The lowest BCUT2D eigenvalue weighted by Gasteiger charge is -2.13. The molecule has 2 aliphatic rings. The van der Waals surface area contributed by atoms with Crippen molar-refractivity contribution in [3.05, 3.63) is 22.5 Å². The summed E-state index contributed by atoms with van der Waals surface area (Å²) < 4.78 is 0. The first-order valence-electron chi connectivity index (χ1n) is 9.96. The Morgan fingerprint density at radius 2 is 1.36 bits per heavy atom. The van der Waals surface area contributed by atoms with E-state index in [9.17, 15) is 0 Å². The highest BCUT2D eigenvalue weighted by atomic mass is 14.9. The van der Waals surface area contributed by atoms with Crippen molar-refractivity contribution in [2.24, 2.45) is 0 Å². The van der Waals surface area contributed by atoms with E-state index < -0.39 is 0 Å². The Hall–Kier alpha value is -0.720. The number of unbranched alkanes of at least 4 members (excludes halogenated alkanes) is 9. The van der Waals surface area contributed by atoms with Gasteiger partial charge in [-0.25, -0.2) is 0 Å². The Balaban J connectivity index is 1.49. The summed E-state index contributed by atoms with van der Waals surface area (Å²) in [6.45, 7) is 4.60. The van der Waals surface area contributed by atoms with E-state index in [1.54, 1.807) is 5.57 Å². The summed E-state index contributed by atoms with van der Waals surface area (Å²) in [5.41, 5.74) is 6.00. The average Bonchev–Trinajstić information content (AvgIpc) is 2.86. The smallest absolute Gasteiger partial charge is 0.0442 e. The normalized spacial score (nSPS) is 17.9. The first-order valence-corrected chi connectivity index (χ1v) is 9.96. The third-order valence-electron chi connectivity index (χ3n) is 5.36. The van der Waals surface area contributed by atoms with Crippen molar-refractivity contribution < 1.29 is 0 Å². The maximum atomic E-state index is 4.93. The van der Waals surface area contributed by atoms with Crippen LogP contribution in [0, 0.1) is 0 Å². The second-order valence-corrected chi connectivity index (χ2v) is 7.25. The number of hydrogen-bond acceptors (Lipinski definition) is 0. The molecule has 1 radical (unpaired) electrons. The van der Waals surface area contributed by atoms with Gasteiger partial charge in [0.15, 0.2) is 0 Å². The van der Waals surface area contributed by atoms with Crippen LogP contribution in [0.1, 0.15) is 110 Å². The molecule has 0 aromatic carbocycles. The van der Waals surface area contributed by atoms with Crippen LogP contribution < -0.4 is 5.32 Å². The van der Waals surface area contributed by atoms with E-state index in [1.807, 2.05) is 0 Å². The average molecular weight is 303 g/mol. The molecule has 22 heavy (non-hydrogen) atoms. The van der Waals surface area contributed by atoms with Gasteiger partial charge in [-0.15, -0.1) is 0 Å². The highest BCUT2D eigenvalue weighted by Crippen LogP contribution is 2.37. The van der Waals surface area contributed by atoms with Crippen molar-refractivity contribution in [3.8, 4) is 0 Å². The topological polar surface area (TPSA) is 14.1 Å². The van der Waals surface area contributed by atoms with Crippen LogP contribution in [-0.2, 0) is 0 Å². The molecule has 1 aliphatic heterocycles. The molecule has 0 aromatic rings. The zero-order valence-electron chi connectivity index (χ0n) is 15.1. The van der Waals surface area contributed by atoms with Crippen LogP contribution in [0.15, 0.2) is 22.5 Å². The molecular weight excluding hydrogens is 266 g/mol. The summed E-state index contributed by atoms with van der Waals surface area (Å²) in [4.78, 5) is 0. The molecular formula is C21H36N. The van der Waals surface area contributed by atoms with Crippen molar-refractivity contribution in [3.63, 3.8) is 0 Å². The van der Waals surface area contributed by atoms with Gasteiger partial charge in [0, 0.05) is 11.4 Å². The Labute approximate surface area is 138 Å². The van der Waals surface area contributed by atoms with E-state index in [-0.39, 0.29) is 0 Å². The maximum absolute atomic E-state index is 4.93. The quantitative estimate of drug-likeness (QED) is 0.364. The van der Waals surface area contributed by atoms with E-state index in [2.05, 4.69) is 13.8 Å². The van der Waals surface area contributed by atoms with Crippen LogP contribution in [-0.4, -0.2) is 0 Å². The molecule has 125 valence electrons. The molecule has 0 aromatic heterocycles. The van der Waals surface area contributed by atoms with E-state index in [4.69, 9.17) is 5.32 Å². The standard InChI is InChI=1S/C21H36N/c1-3-4-5-6-7-8-9-10-11-12-16-20-18(2)19-15-13-14-17-21(19)22-20/h3-17H2,1-2H3. The molecule has 0 bridgehead atoms. The van der Waals surface area contributed by atoms with Crippen molar-refractivity contribution in [1.29, 1.82) is 0 Å². The molecule has 1 heterocycles. The monoisotopic (exact) mass is 302 g/mol. The van der Waals surface area contributed by atoms with Gasteiger partial charge in [-0.2, -0.15) is 0 Å². The van der Waals surface area contributed by atoms with E-state index in [1.165, 1.54) is 113 Å². The summed E-state index contributed by atoms with van der Waals surface area (Å²) in [6.07, 6.45) is 20.6. The first kappa shape index (κ1) is 17.6. The van der Waals surface area contributed by atoms with Gasteiger partial charge in [0.2, 0.25) is 0 Å². The van der Waals surface area contributed by atoms with Crippen molar-refractivity contribution in [2.45, 2.75) is 110 Å². The van der Waals surface area contributed by atoms with Gasteiger partial charge in [-0.3, -0.25) is 5.32 Å². The molecule has 1 heteroatoms. The van der Waals surface area contributed by atoms with Gasteiger partial charge < -0.3 is 0 Å². The Morgan fingerprint density at radius 3 is 2.00 bits per heavy atom. The van der Waals surface area contributed by atoms with Gasteiger partial charge in [0.1, 0.15) is 0 Å². The maximum Gasteiger partial charge on any atom is 0.0442 e. The van der Waals surface area contributed by atoms with Crippen LogP contribution in [0.3, 0.4) is 0 Å². The molecule has 0 spiro atoms. The summed E-state index contributed by atoms with van der Waals surface area (Å²) in [7, 11) is 0. The van der Waals surface area contributed by atoms with Crippen molar-refractivity contribution in [1.82, 2.24) is 5.32 Å². The number of rotatable bonds is 11. The second kappa shape index (κ2) is 10.1. The molecule has 0 amide bonds. The summed E-state index contributed by atoms with van der Waals surface area (Å²) in [5.74, 6) is 0. The van der Waals surface area contributed by atoms with Crippen molar-refractivity contribution >= 4 is 0 Å². The molecule has 0 saturated heterocycles. The lowest BCUT2D eigenvalue weighted by atomic mass is 9.93. The molecule has 0 saturated carbocycles. The largest absolute Gasteiger partial charge is 0.257 e. The molecule has 0 N–H and O–H groups in total. The van der Waals surface area contributed by atoms with E-state index in [0.717, 1.165) is 0 Å². The fraction of sp³-hybridized carbons (Fsp3) is 0.810. The third kappa shape index (κ3) is 5.48. The predicted octanol–water partition coefficient (Wildman–Crippen LogP) is 7.02. The fourth-order valence-electron chi connectivity index (χ4n) is 3.86. The molecule has 0 unspecified atom stereocenters.